The number of pyridine rings is 1. The molecule has 0 radical (unpaired) electrons. The summed E-state index contributed by atoms with van der Waals surface area (Å²) in [6.45, 7) is 3.90. The first kappa shape index (κ1) is 15.1. The summed E-state index contributed by atoms with van der Waals surface area (Å²) in [6.07, 6.45) is 1.67. The summed E-state index contributed by atoms with van der Waals surface area (Å²) in [6, 6.07) is 3.59. The van der Waals surface area contributed by atoms with Gasteiger partial charge in [-0.05, 0) is 25.5 Å². The number of ether oxygens (including phenoxy) is 1. The fraction of sp³-hybridized carbons (Fsp3) is 0.286. The highest BCUT2D eigenvalue weighted by Gasteiger charge is 2.13. The summed E-state index contributed by atoms with van der Waals surface area (Å²) in [4.78, 5) is 31.7. The minimum absolute atomic E-state index is 0.100. The van der Waals surface area contributed by atoms with Crippen LogP contribution in [-0.2, 0) is 16.0 Å². The second-order valence-electron chi connectivity index (χ2n) is 4.25. The number of carbonyl (C=O) groups is 2. The van der Waals surface area contributed by atoms with E-state index < -0.39 is 0 Å². The molecule has 0 spiro atoms. The van der Waals surface area contributed by atoms with Crippen LogP contribution in [0.5, 0.6) is 0 Å². The summed E-state index contributed by atoms with van der Waals surface area (Å²) in [5.41, 5.74) is 1.73. The van der Waals surface area contributed by atoms with Crippen LogP contribution in [0.2, 0.25) is 0 Å². The Balaban J connectivity index is 2.01. The first-order chi connectivity index (χ1) is 10.1. The molecule has 2 rings (SSSR count). The number of hydrogen-bond acceptors (Lipinski definition) is 6. The molecule has 0 unspecified atom stereocenters. The Morgan fingerprint density at radius 2 is 2.24 bits per heavy atom. The molecule has 2 aromatic rings. The number of anilines is 1. The van der Waals surface area contributed by atoms with Gasteiger partial charge in [-0.1, -0.05) is 6.07 Å². The third-order valence-corrected chi connectivity index (χ3v) is 3.43. The van der Waals surface area contributed by atoms with Crippen LogP contribution in [0.3, 0.4) is 0 Å². The third kappa shape index (κ3) is 4.09. The first-order valence-corrected chi connectivity index (χ1v) is 7.31. The monoisotopic (exact) mass is 305 g/mol. The maximum Gasteiger partial charge on any atom is 0.311 e. The second kappa shape index (κ2) is 6.94. The second-order valence-corrected chi connectivity index (χ2v) is 5.11. The van der Waals surface area contributed by atoms with E-state index in [1.807, 2.05) is 13.0 Å². The summed E-state index contributed by atoms with van der Waals surface area (Å²) >= 11 is 1.26. The van der Waals surface area contributed by atoms with Crippen molar-refractivity contribution in [1.82, 2.24) is 9.97 Å². The molecule has 6 nitrogen and oxygen atoms in total. The number of rotatable bonds is 5. The van der Waals surface area contributed by atoms with Crippen molar-refractivity contribution < 1.29 is 14.3 Å². The highest BCUT2D eigenvalue weighted by atomic mass is 32.1. The van der Waals surface area contributed by atoms with Gasteiger partial charge in [0.1, 0.15) is 5.69 Å². The number of carbonyl (C=O) groups excluding carboxylic acids is 2. The molecule has 1 N–H and O–H groups in total. The van der Waals surface area contributed by atoms with E-state index in [1.54, 1.807) is 24.6 Å². The van der Waals surface area contributed by atoms with Gasteiger partial charge in [-0.3, -0.25) is 19.9 Å². The Morgan fingerprint density at radius 1 is 1.43 bits per heavy atom. The van der Waals surface area contributed by atoms with Crippen LogP contribution in [0.1, 0.15) is 28.7 Å². The number of hydrogen-bond donors (Lipinski definition) is 1. The number of aromatic nitrogens is 2. The number of amides is 1. The summed E-state index contributed by atoms with van der Waals surface area (Å²) < 4.78 is 4.85. The Labute approximate surface area is 126 Å². The highest BCUT2D eigenvalue weighted by Crippen LogP contribution is 2.17. The molecule has 2 heterocycles. The van der Waals surface area contributed by atoms with Gasteiger partial charge in [0.2, 0.25) is 0 Å². The van der Waals surface area contributed by atoms with Crippen LogP contribution in [0, 0.1) is 6.92 Å². The molecule has 0 aromatic carbocycles. The van der Waals surface area contributed by atoms with Crippen LogP contribution in [0.25, 0.3) is 0 Å². The molecule has 0 aliphatic heterocycles. The molecule has 2 aromatic heterocycles. The highest BCUT2D eigenvalue weighted by molar-refractivity contribution is 7.14. The molecular formula is C14H15N3O3S. The number of aryl methyl sites for hydroxylation is 1. The Bertz CT molecular complexity index is 654. The molecule has 0 bridgehead atoms. The summed E-state index contributed by atoms with van der Waals surface area (Å²) in [5, 5.41) is 4.83. The lowest BCUT2D eigenvalue weighted by molar-refractivity contribution is -0.142. The van der Waals surface area contributed by atoms with Crippen molar-refractivity contribution >= 4 is 28.3 Å². The van der Waals surface area contributed by atoms with Crippen molar-refractivity contribution in [2.75, 3.05) is 11.9 Å². The molecule has 110 valence electrons. The topological polar surface area (TPSA) is 81.2 Å². The Morgan fingerprint density at radius 3 is 2.95 bits per heavy atom. The van der Waals surface area contributed by atoms with E-state index in [0.717, 1.165) is 5.56 Å². The average molecular weight is 305 g/mol. The molecule has 0 aliphatic carbocycles. The quantitative estimate of drug-likeness (QED) is 0.856. The van der Waals surface area contributed by atoms with Gasteiger partial charge in [-0.2, -0.15) is 0 Å². The van der Waals surface area contributed by atoms with E-state index in [0.29, 0.717) is 23.1 Å². The van der Waals surface area contributed by atoms with Crippen molar-refractivity contribution in [3.8, 4) is 0 Å². The molecule has 0 atom stereocenters. The molecule has 7 heteroatoms. The summed E-state index contributed by atoms with van der Waals surface area (Å²) in [7, 11) is 0. The molecule has 0 saturated carbocycles. The van der Waals surface area contributed by atoms with Crippen LogP contribution in [-0.4, -0.2) is 28.5 Å². The fourth-order valence-corrected chi connectivity index (χ4v) is 2.39. The first-order valence-electron chi connectivity index (χ1n) is 6.43. The van der Waals surface area contributed by atoms with Crippen LogP contribution in [0.15, 0.2) is 23.7 Å². The minimum Gasteiger partial charge on any atom is -0.466 e. The third-order valence-electron chi connectivity index (χ3n) is 2.63. The molecule has 0 aliphatic rings. The van der Waals surface area contributed by atoms with E-state index in [-0.39, 0.29) is 18.3 Å². The zero-order chi connectivity index (χ0) is 15.2. The number of nitrogens with zero attached hydrogens (tertiary/aromatic N) is 2. The standard InChI is InChI=1S/C14H15N3O3S/c1-3-20-11(18)7-10-8-21-14(16-10)17-13(19)12-9(2)5-4-6-15-12/h4-6,8H,3,7H2,1-2H3,(H,16,17,19). The zero-order valence-corrected chi connectivity index (χ0v) is 12.6. The van der Waals surface area contributed by atoms with Crippen molar-refractivity contribution in [2.45, 2.75) is 20.3 Å². The normalized spacial score (nSPS) is 10.2. The minimum atomic E-state index is -0.332. The van der Waals surface area contributed by atoms with Gasteiger partial charge in [0.25, 0.3) is 5.91 Å². The lowest BCUT2D eigenvalue weighted by Crippen LogP contribution is -2.15. The van der Waals surface area contributed by atoms with Gasteiger partial charge >= 0.3 is 5.97 Å². The molecule has 1 amide bonds. The van der Waals surface area contributed by atoms with Crippen LogP contribution < -0.4 is 5.32 Å². The van der Waals surface area contributed by atoms with E-state index >= 15 is 0 Å². The van der Waals surface area contributed by atoms with Crippen molar-refractivity contribution in [2.24, 2.45) is 0 Å². The van der Waals surface area contributed by atoms with Crippen LogP contribution in [0.4, 0.5) is 5.13 Å². The van der Waals surface area contributed by atoms with Gasteiger partial charge in [0, 0.05) is 11.6 Å². The number of esters is 1. The van der Waals surface area contributed by atoms with Gasteiger partial charge < -0.3 is 4.74 Å². The van der Waals surface area contributed by atoms with E-state index in [1.165, 1.54) is 11.3 Å². The van der Waals surface area contributed by atoms with Gasteiger partial charge in [0.15, 0.2) is 5.13 Å². The number of thiazole rings is 1. The molecular weight excluding hydrogens is 290 g/mol. The SMILES string of the molecule is CCOC(=O)Cc1csc(NC(=O)c2ncccc2C)n1. The number of nitrogens with one attached hydrogen (secondary N) is 1. The zero-order valence-electron chi connectivity index (χ0n) is 11.8. The van der Waals surface area contributed by atoms with E-state index in [2.05, 4.69) is 15.3 Å². The van der Waals surface area contributed by atoms with Gasteiger partial charge in [-0.15, -0.1) is 11.3 Å². The maximum absolute atomic E-state index is 12.1. The molecule has 0 saturated heterocycles. The summed E-state index contributed by atoms with van der Waals surface area (Å²) in [5.74, 6) is -0.647. The van der Waals surface area contributed by atoms with E-state index in [9.17, 15) is 9.59 Å². The van der Waals surface area contributed by atoms with Gasteiger partial charge in [0.05, 0.1) is 18.7 Å². The van der Waals surface area contributed by atoms with E-state index in [4.69, 9.17) is 4.74 Å². The lowest BCUT2D eigenvalue weighted by Gasteiger charge is -2.03. The molecule has 0 fully saturated rings. The lowest BCUT2D eigenvalue weighted by atomic mass is 10.2. The fourth-order valence-electron chi connectivity index (χ4n) is 1.69. The van der Waals surface area contributed by atoms with Crippen molar-refractivity contribution in [3.05, 3.63) is 40.7 Å². The largest absolute Gasteiger partial charge is 0.466 e. The Hall–Kier alpha value is -2.28. The van der Waals surface area contributed by atoms with Crippen molar-refractivity contribution in [3.63, 3.8) is 0 Å². The molecule has 21 heavy (non-hydrogen) atoms. The van der Waals surface area contributed by atoms with Crippen molar-refractivity contribution in [1.29, 1.82) is 0 Å². The van der Waals surface area contributed by atoms with Gasteiger partial charge in [-0.25, -0.2) is 4.98 Å². The Kier molecular flexibility index (Phi) is 4.99. The smallest absolute Gasteiger partial charge is 0.311 e. The predicted octanol–water partition coefficient (Wildman–Crippen LogP) is 2.20. The van der Waals surface area contributed by atoms with Crippen LogP contribution >= 0.6 is 11.3 Å². The average Bonchev–Trinajstić information content (AvgIpc) is 2.86. The maximum atomic E-state index is 12.1. The predicted molar refractivity (Wildman–Crippen MR) is 79.4 cm³/mol.